The van der Waals surface area contributed by atoms with Crippen LogP contribution in [0.25, 0.3) is 0 Å². The molecule has 0 bridgehead atoms. The van der Waals surface area contributed by atoms with Gasteiger partial charge in [-0.05, 0) is 19.8 Å². The van der Waals surface area contributed by atoms with Gasteiger partial charge in [0.1, 0.15) is 13.2 Å². The van der Waals surface area contributed by atoms with Gasteiger partial charge in [0.15, 0.2) is 0 Å². The van der Waals surface area contributed by atoms with Gasteiger partial charge < -0.3 is 14.6 Å². The van der Waals surface area contributed by atoms with Gasteiger partial charge in [0.2, 0.25) is 0 Å². The summed E-state index contributed by atoms with van der Waals surface area (Å²) in [6.45, 7) is 4.82. The Balaban J connectivity index is 2.36. The number of rotatable bonds is 6. The molecule has 6 heteroatoms. The molecule has 0 radical (unpaired) electrons. The standard InChI is InChI=1S/C14H20O6/c1-9(2)13(17)19-7-8-20-14(18)11-6-4-3-5-10(11)12(15)16/h10-11H,1,3-8H2,2H3,(H,15,16)/t10?,11-/m0/s1. The van der Waals surface area contributed by atoms with Crippen molar-refractivity contribution in [3.05, 3.63) is 12.2 Å². The van der Waals surface area contributed by atoms with Crippen LogP contribution in [-0.2, 0) is 23.9 Å². The zero-order chi connectivity index (χ0) is 15.1. The van der Waals surface area contributed by atoms with Crippen molar-refractivity contribution in [1.29, 1.82) is 0 Å². The Morgan fingerprint density at radius 3 is 2.20 bits per heavy atom. The zero-order valence-electron chi connectivity index (χ0n) is 11.6. The molecule has 0 aromatic heterocycles. The molecule has 0 spiro atoms. The highest BCUT2D eigenvalue weighted by Crippen LogP contribution is 2.31. The minimum absolute atomic E-state index is 0.0537. The normalized spacial score (nSPS) is 21.9. The molecule has 0 aromatic carbocycles. The van der Waals surface area contributed by atoms with Crippen molar-refractivity contribution in [2.24, 2.45) is 11.8 Å². The second kappa shape index (κ2) is 7.67. The third-order valence-corrected chi connectivity index (χ3v) is 3.30. The van der Waals surface area contributed by atoms with Gasteiger partial charge in [-0.1, -0.05) is 19.4 Å². The summed E-state index contributed by atoms with van der Waals surface area (Å²) in [5.74, 6) is -3.29. The van der Waals surface area contributed by atoms with Gasteiger partial charge in [0, 0.05) is 5.57 Å². The molecule has 1 aliphatic rings. The van der Waals surface area contributed by atoms with Crippen molar-refractivity contribution in [2.45, 2.75) is 32.6 Å². The van der Waals surface area contributed by atoms with Gasteiger partial charge in [-0.25, -0.2) is 4.79 Å². The molecule has 0 saturated heterocycles. The molecule has 1 unspecified atom stereocenters. The van der Waals surface area contributed by atoms with Gasteiger partial charge in [0.25, 0.3) is 0 Å². The Morgan fingerprint density at radius 2 is 1.65 bits per heavy atom. The van der Waals surface area contributed by atoms with E-state index in [9.17, 15) is 14.4 Å². The summed E-state index contributed by atoms with van der Waals surface area (Å²) >= 11 is 0. The topological polar surface area (TPSA) is 89.9 Å². The lowest BCUT2D eigenvalue weighted by atomic mass is 9.79. The largest absolute Gasteiger partial charge is 0.481 e. The second-order valence-corrected chi connectivity index (χ2v) is 4.92. The van der Waals surface area contributed by atoms with Crippen LogP contribution in [0.4, 0.5) is 0 Å². The first-order chi connectivity index (χ1) is 9.43. The molecular weight excluding hydrogens is 264 g/mol. The van der Waals surface area contributed by atoms with Crippen molar-refractivity contribution in [3.63, 3.8) is 0 Å². The van der Waals surface area contributed by atoms with E-state index in [4.69, 9.17) is 14.6 Å². The number of aliphatic carboxylic acids is 1. The quantitative estimate of drug-likeness (QED) is 0.452. The molecular formula is C14H20O6. The van der Waals surface area contributed by atoms with Crippen molar-refractivity contribution in [2.75, 3.05) is 13.2 Å². The number of ether oxygens (including phenoxy) is 2. The SMILES string of the molecule is C=C(C)C(=O)OCCOC(=O)[C@H]1CCCCC1C(=O)O. The molecule has 0 aromatic rings. The fourth-order valence-electron chi connectivity index (χ4n) is 2.22. The molecule has 112 valence electrons. The maximum atomic E-state index is 11.8. The van der Waals surface area contributed by atoms with E-state index in [2.05, 4.69) is 6.58 Å². The number of esters is 2. The van der Waals surface area contributed by atoms with Crippen molar-refractivity contribution < 1.29 is 29.0 Å². The van der Waals surface area contributed by atoms with E-state index in [-0.39, 0.29) is 18.8 Å². The predicted molar refractivity (Wildman–Crippen MR) is 69.8 cm³/mol. The van der Waals surface area contributed by atoms with Crippen LogP contribution in [0.1, 0.15) is 32.6 Å². The summed E-state index contributed by atoms with van der Waals surface area (Å²) in [6, 6.07) is 0. The van der Waals surface area contributed by atoms with Crippen LogP contribution in [0.3, 0.4) is 0 Å². The van der Waals surface area contributed by atoms with E-state index in [0.29, 0.717) is 12.8 Å². The zero-order valence-corrected chi connectivity index (χ0v) is 11.6. The van der Waals surface area contributed by atoms with Crippen LogP contribution in [0, 0.1) is 11.8 Å². The van der Waals surface area contributed by atoms with Crippen LogP contribution >= 0.6 is 0 Å². The van der Waals surface area contributed by atoms with Crippen LogP contribution < -0.4 is 0 Å². The highest BCUT2D eigenvalue weighted by Gasteiger charge is 2.36. The minimum Gasteiger partial charge on any atom is -0.481 e. The van der Waals surface area contributed by atoms with Crippen LogP contribution in [-0.4, -0.2) is 36.2 Å². The summed E-state index contributed by atoms with van der Waals surface area (Å²) in [6.07, 6.45) is 2.67. The molecule has 0 amide bonds. The average Bonchev–Trinajstić information content (AvgIpc) is 2.42. The Labute approximate surface area is 117 Å². The summed E-state index contributed by atoms with van der Waals surface area (Å²) in [7, 11) is 0. The lowest BCUT2D eigenvalue weighted by Crippen LogP contribution is -2.34. The lowest BCUT2D eigenvalue weighted by Gasteiger charge is -2.26. The fraction of sp³-hybridized carbons (Fsp3) is 0.643. The molecule has 1 aliphatic carbocycles. The smallest absolute Gasteiger partial charge is 0.333 e. The highest BCUT2D eigenvalue weighted by atomic mass is 16.6. The molecule has 6 nitrogen and oxygen atoms in total. The van der Waals surface area contributed by atoms with Gasteiger partial charge in [-0.3, -0.25) is 9.59 Å². The van der Waals surface area contributed by atoms with Crippen molar-refractivity contribution in [1.82, 2.24) is 0 Å². The number of carbonyl (C=O) groups excluding carboxylic acids is 2. The first-order valence-electron chi connectivity index (χ1n) is 6.65. The fourth-order valence-corrected chi connectivity index (χ4v) is 2.22. The van der Waals surface area contributed by atoms with Crippen molar-refractivity contribution >= 4 is 17.9 Å². The van der Waals surface area contributed by atoms with E-state index < -0.39 is 29.7 Å². The maximum absolute atomic E-state index is 11.8. The predicted octanol–water partition coefficient (Wildman–Crippen LogP) is 1.54. The molecule has 1 N–H and O–H groups in total. The van der Waals surface area contributed by atoms with Gasteiger partial charge in [0.05, 0.1) is 11.8 Å². The Kier molecular flexibility index (Phi) is 6.21. The summed E-state index contributed by atoms with van der Waals surface area (Å²) in [5, 5.41) is 9.08. The molecule has 1 rings (SSSR count). The van der Waals surface area contributed by atoms with Gasteiger partial charge in [-0.2, -0.15) is 0 Å². The van der Waals surface area contributed by atoms with E-state index in [1.54, 1.807) is 0 Å². The number of hydrogen-bond donors (Lipinski definition) is 1. The number of carboxylic acid groups (broad SMARTS) is 1. The summed E-state index contributed by atoms with van der Waals surface area (Å²) in [5.41, 5.74) is 0.273. The molecule has 2 atom stereocenters. The molecule has 1 fully saturated rings. The van der Waals surface area contributed by atoms with E-state index in [0.717, 1.165) is 12.8 Å². The third-order valence-electron chi connectivity index (χ3n) is 3.30. The van der Waals surface area contributed by atoms with Gasteiger partial charge >= 0.3 is 17.9 Å². The number of hydrogen-bond acceptors (Lipinski definition) is 5. The highest BCUT2D eigenvalue weighted by molar-refractivity contribution is 5.87. The second-order valence-electron chi connectivity index (χ2n) is 4.92. The van der Waals surface area contributed by atoms with Crippen LogP contribution in [0.2, 0.25) is 0 Å². The molecule has 0 aliphatic heterocycles. The first kappa shape index (κ1) is 16.2. The van der Waals surface area contributed by atoms with E-state index >= 15 is 0 Å². The summed E-state index contributed by atoms with van der Waals surface area (Å²) in [4.78, 5) is 34.0. The summed E-state index contributed by atoms with van der Waals surface area (Å²) < 4.78 is 9.77. The Bertz CT molecular complexity index is 400. The molecule has 1 saturated carbocycles. The van der Waals surface area contributed by atoms with Crippen LogP contribution in [0.15, 0.2) is 12.2 Å². The van der Waals surface area contributed by atoms with E-state index in [1.807, 2.05) is 0 Å². The molecule has 20 heavy (non-hydrogen) atoms. The lowest BCUT2D eigenvalue weighted by molar-refractivity contribution is -0.161. The monoisotopic (exact) mass is 284 g/mol. The van der Waals surface area contributed by atoms with Crippen molar-refractivity contribution in [3.8, 4) is 0 Å². The number of carboxylic acids is 1. The average molecular weight is 284 g/mol. The Morgan fingerprint density at radius 1 is 1.10 bits per heavy atom. The van der Waals surface area contributed by atoms with Crippen LogP contribution in [0.5, 0.6) is 0 Å². The van der Waals surface area contributed by atoms with E-state index in [1.165, 1.54) is 6.92 Å². The number of carbonyl (C=O) groups is 3. The minimum atomic E-state index is -0.958. The van der Waals surface area contributed by atoms with Gasteiger partial charge in [-0.15, -0.1) is 0 Å². The first-order valence-corrected chi connectivity index (χ1v) is 6.65. The third kappa shape index (κ3) is 4.68. The Hall–Kier alpha value is -1.85. The molecule has 0 heterocycles. The maximum Gasteiger partial charge on any atom is 0.333 e.